The van der Waals surface area contributed by atoms with Gasteiger partial charge in [0.15, 0.2) is 5.69 Å². The molecule has 0 bridgehead atoms. The number of carbonyl (C=O) groups is 1. The molecule has 0 saturated carbocycles. The number of fused-ring (bicyclic) bond motifs is 1. The molecule has 1 atom stereocenters. The van der Waals surface area contributed by atoms with Gasteiger partial charge in [0.05, 0.1) is 6.04 Å². The molecule has 1 amide bonds. The van der Waals surface area contributed by atoms with Crippen molar-refractivity contribution in [2.75, 3.05) is 0 Å². The zero-order chi connectivity index (χ0) is 18.0. The van der Waals surface area contributed by atoms with Crippen molar-refractivity contribution >= 4 is 16.7 Å². The molecule has 0 spiro atoms. The Morgan fingerprint density at radius 1 is 1.16 bits per heavy atom. The molecule has 0 saturated heterocycles. The summed E-state index contributed by atoms with van der Waals surface area (Å²) in [7, 11) is 0. The van der Waals surface area contributed by atoms with E-state index in [0.717, 1.165) is 33.3 Å². The SMILES string of the molecule is C[C@@H](NC(=O)Cn1ccc(C(F)(F)F)n1)c1cccc2ccccc12. The van der Waals surface area contributed by atoms with Crippen molar-refractivity contribution in [1.29, 1.82) is 0 Å². The quantitative estimate of drug-likeness (QED) is 0.777. The Balaban J connectivity index is 1.71. The van der Waals surface area contributed by atoms with Gasteiger partial charge in [0, 0.05) is 6.20 Å². The number of aromatic nitrogens is 2. The van der Waals surface area contributed by atoms with Crippen molar-refractivity contribution in [3.05, 3.63) is 66.0 Å². The van der Waals surface area contributed by atoms with Gasteiger partial charge in [0.25, 0.3) is 0 Å². The highest BCUT2D eigenvalue weighted by molar-refractivity contribution is 5.86. The minimum absolute atomic E-state index is 0.273. The van der Waals surface area contributed by atoms with Crippen LogP contribution in [0.25, 0.3) is 10.8 Å². The lowest BCUT2D eigenvalue weighted by Gasteiger charge is -2.16. The van der Waals surface area contributed by atoms with Gasteiger partial charge in [-0.2, -0.15) is 18.3 Å². The highest BCUT2D eigenvalue weighted by Gasteiger charge is 2.33. The first-order chi connectivity index (χ1) is 11.8. The van der Waals surface area contributed by atoms with Crippen LogP contribution in [0.1, 0.15) is 24.2 Å². The summed E-state index contributed by atoms with van der Waals surface area (Å²) in [6, 6.07) is 14.2. The maximum absolute atomic E-state index is 12.5. The number of benzene rings is 2. The highest BCUT2D eigenvalue weighted by Crippen LogP contribution is 2.27. The normalized spacial score (nSPS) is 13.0. The lowest BCUT2D eigenvalue weighted by molar-refractivity contribution is -0.141. The molecule has 0 aliphatic carbocycles. The van der Waals surface area contributed by atoms with Crippen LogP contribution in [0.5, 0.6) is 0 Å². The van der Waals surface area contributed by atoms with E-state index in [9.17, 15) is 18.0 Å². The molecule has 1 aromatic heterocycles. The number of carbonyl (C=O) groups excluding carboxylic acids is 1. The number of nitrogens with zero attached hydrogens (tertiary/aromatic N) is 2. The Hall–Kier alpha value is -2.83. The minimum Gasteiger partial charge on any atom is -0.348 e. The van der Waals surface area contributed by atoms with Gasteiger partial charge in [-0.25, -0.2) is 0 Å². The first-order valence-corrected chi connectivity index (χ1v) is 7.72. The summed E-state index contributed by atoms with van der Waals surface area (Å²) in [6.45, 7) is 1.56. The van der Waals surface area contributed by atoms with Crippen molar-refractivity contribution in [3.63, 3.8) is 0 Å². The predicted molar refractivity (Wildman–Crippen MR) is 87.7 cm³/mol. The van der Waals surface area contributed by atoms with Gasteiger partial charge < -0.3 is 5.32 Å². The smallest absolute Gasteiger partial charge is 0.348 e. The largest absolute Gasteiger partial charge is 0.435 e. The second-order valence-corrected chi connectivity index (χ2v) is 5.75. The first kappa shape index (κ1) is 17.0. The molecular formula is C18H16F3N3O. The van der Waals surface area contributed by atoms with E-state index in [1.54, 1.807) is 0 Å². The molecule has 7 heteroatoms. The van der Waals surface area contributed by atoms with Crippen LogP contribution >= 0.6 is 0 Å². The molecule has 0 unspecified atom stereocenters. The number of nitrogens with one attached hydrogen (secondary N) is 1. The van der Waals surface area contributed by atoms with E-state index in [1.807, 2.05) is 49.4 Å². The van der Waals surface area contributed by atoms with Crippen LogP contribution in [-0.4, -0.2) is 15.7 Å². The molecule has 1 N–H and O–H groups in total. The van der Waals surface area contributed by atoms with Gasteiger partial charge in [-0.05, 0) is 29.3 Å². The zero-order valence-corrected chi connectivity index (χ0v) is 13.4. The van der Waals surface area contributed by atoms with Crippen LogP contribution in [-0.2, 0) is 17.5 Å². The van der Waals surface area contributed by atoms with E-state index in [0.29, 0.717) is 0 Å². The Labute approximate surface area is 142 Å². The van der Waals surface area contributed by atoms with Gasteiger partial charge >= 0.3 is 6.18 Å². The molecule has 1 heterocycles. The number of halogens is 3. The van der Waals surface area contributed by atoms with Crippen molar-refractivity contribution in [2.24, 2.45) is 0 Å². The lowest BCUT2D eigenvalue weighted by Crippen LogP contribution is -2.30. The monoisotopic (exact) mass is 347 g/mol. The molecule has 4 nitrogen and oxygen atoms in total. The third-order valence-electron chi connectivity index (χ3n) is 3.90. The molecule has 2 aromatic carbocycles. The minimum atomic E-state index is -4.52. The first-order valence-electron chi connectivity index (χ1n) is 7.72. The summed E-state index contributed by atoms with van der Waals surface area (Å²) in [4.78, 5) is 12.1. The summed E-state index contributed by atoms with van der Waals surface area (Å²) in [5, 5.41) is 8.27. The van der Waals surface area contributed by atoms with E-state index in [4.69, 9.17) is 0 Å². The fraction of sp³-hybridized carbons (Fsp3) is 0.222. The molecule has 0 aliphatic rings. The second kappa shape index (κ2) is 6.58. The van der Waals surface area contributed by atoms with Gasteiger partial charge in [0.1, 0.15) is 6.54 Å². The topological polar surface area (TPSA) is 46.9 Å². The second-order valence-electron chi connectivity index (χ2n) is 5.75. The Morgan fingerprint density at radius 2 is 1.88 bits per heavy atom. The van der Waals surface area contributed by atoms with Gasteiger partial charge in [-0.1, -0.05) is 42.5 Å². The van der Waals surface area contributed by atoms with Crippen LogP contribution in [0.2, 0.25) is 0 Å². The third kappa shape index (κ3) is 3.81. The summed E-state index contributed by atoms with van der Waals surface area (Å²) in [5.74, 6) is -0.405. The zero-order valence-electron chi connectivity index (χ0n) is 13.4. The summed E-state index contributed by atoms with van der Waals surface area (Å²) >= 11 is 0. The van der Waals surface area contributed by atoms with Gasteiger partial charge in [-0.3, -0.25) is 9.48 Å². The molecular weight excluding hydrogens is 331 g/mol. The van der Waals surface area contributed by atoms with E-state index < -0.39 is 17.8 Å². The number of rotatable bonds is 4. The summed E-state index contributed by atoms with van der Waals surface area (Å²) in [5.41, 5.74) is -0.0645. The molecule has 0 aliphatic heterocycles. The fourth-order valence-corrected chi connectivity index (χ4v) is 2.74. The summed E-state index contributed by atoms with van der Waals surface area (Å²) in [6.07, 6.45) is -3.37. The standard InChI is InChI=1S/C18H16F3N3O/c1-12(14-8-4-6-13-5-2-3-7-15(13)14)22-17(25)11-24-10-9-16(23-24)18(19,20)21/h2-10,12H,11H2,1H3,(H,22,25)/t12-/m1/s1. The molecule has 25 heavy (non-hydrogen) atoms. The van der Waals surface area contributed by atoms with Gasteiger partial charge in [0.2, 0.25) is 5.91 Å². The van der Waals surface area contributed by atoms with Crippen LogP contribution in [0, 0.1) is 0 Å². The van der Waals surface area contributed by atoms with Crippen molar-refractivity contribution in [2.45, 2.75) is 25.7 Å². The maximum atomic E-state index is 12.5. The van der Waals surface area contributed by atoms with Crippen LogP contribution < -0.4 is 5.32 Å². The van der Waals surface area contributed by atoms with Crippen LogP contribution in [0.4, 0.5) is 13.2 Å². The Kier molecular flexibility index (Phi) is 4.48. The van der Waals surface area contributed by atoms with Crippen LogP contribution in [0.15, 0.2) is 54.7 Å². The molecule has 130 valence electrons. The van der Waals surface area contributed by atoms with Crippen molar-refractivity contribution < 1.29 is 18.0 Å². The average molecular weight is 347 g/mol. The lowest BCUT2D eigenvalue weighted by atomic mass is 10.00. The maximum Gasteiger partial charge on any atom is 0.435 e. The molecule has 0 fully saturated rings. The van der Waals surface area contributed by atoms with Crippen molar-refractivity contribution in [3.8, 4) is 0 Å². The molecule has 3 rings (SSSR count). The number of alkyl halides is 3. The Bertz CT molecular complexity index is 896. The third-order valence-corrected chi connectivity index (χ3v) is 3.90. The van der Waals surface area contributed by atoms with Crippen molar-refractivity contribution in [1.82, 2.24) is 15.1 Å². The van der Waals surface area contributed by atoms with E-state index >= 15 is 0 Å². The fourth-order valence-electron chi connectivity index (χ4n) is 2.74. The highest BCUT2D eigenvalue weighted by atomic mass is 19.4. The van der Waals surface area contributed by atoms with Crippen LogP contribution in [0.3, 0.4) is 0 Å². The molecule has 0 radical (unpaired) electrons. The number of amides is 1. The van der Waals surface area contributed by atoms with Gasteiger partial charge in [-0.15, -0.1) is 0 Å². The van der Waals surface area contributed by atoms with E-state index in [1.165, 1.54) is 0 Å². The predicted octanol–water partition coefficient (Wildman–Crippen LogP) is 3.93. The average Bonchev–Trinajstić information content (AvgIpc) is 3.02. The van der Waals surface area contributed by atoms with E-state index in [2.05, 4.69) is 10.4 Å². The molecule has 3 aromatic rings. The summed E-state index contributed by atoms with van der Waals surface area (Å²) < 4.78 is 38.6. The Morgan fingerprint density at radius 3 is 2.60 bits per heavy atom. The van der Waals surface area contributed by atoms with E-state index in [-0.39, 0.29) is 12.6 Å². The number of hydrogen-bond donors (Lipinski definition) is 1. The number of hydrogen-bond acceptors (Lipinski definition) is 2.